The summed E-state index contributed by atoms with van der Waals surface area (Å²) in [5.74, 6) is 2.52. The van der Waals surface area contributed by atoms with E-state index in [1.54, 1.807) is 7.11 Å². The molecule has 0 amide bonds. The summed E-state index contributed by atoms with van der Waals surface area (Å²) in [7, 11) is -1.67. The molecule has 9 heteroatoms. The number of benzene rings is 1. The predicted octanol–water partition coefficient (Wildman–Crippen LogP) is 2.10. The molecule has 3 rings (SSSR count). The highest BCUT2D eigenvalue weighted by molar-refractivity contribution is 7.88. The average molecular weight is 434 g/mol. The van der Waals surface area contributed by atoms with Crippen LogP contribution in [0.15, 0.2) is 30.3 Å². The first-order valence-corrected chi connectivity index (χ1v) is 12.1. The molecule has 1 aliphatic rings. The van der Waals surface area contributed by atoms with Crippen LogP contribution >= 0.6 is 0 Å². The molecule has 2 aromatic rings. The summed E-state index contributed by atoms with van der Waals surface area (Å²) in [6.07, 6.45) is 6.18. The third kappa shape index (κ3) is 5.68. The van der Waals surface area contributed by atoms with Gasteiger partial charge >= 0.3 is 0 Å². The number of nitrogens with one attached hydrogen (secondary N) is 1. The third-order valence-corrected chi connectivity index (χ3v) is 5.92. The fraction of sp³-hybridized carbons (Fsp3) is 0.524. The largest absolute Gasteiger partial charge is 0.496 e. The van der Waals surface area contributed by atoms with Gasteiger partial charge in [0.25, 0.3) is 0 Å². The standard InChI is InChI=1S/C21H31N5O3S/c1-16(2)20(24-30(4,27)28)21-23-22-19-11-13-25(14-15-26(19)21)12-7-9-17-8-5-6-10-18(17)29-3/h5-10,16,20,24H,11-15H2,1-4H3. The van der Waals surface area contributed by atoms with Gasteiger partial charge in [-0.05, 0) is 12.0 Å². The maximum Gasteiger partial charge on any atom is 0.209 e. The Kier molecular flexibility index (Phi) is 7.27. The van der Waals surface area contributed by atoms with Crippen LogP contribution in [0.3, 0.4) is 0 Å². The van der Waals surface area contributed by atoms with E-state index in [0.29, 0.717) is 5.82 Å². The smallest absolute Gasteiger partial charge is 0.209 e. The molecule has 0 aliphatic carbocycles. The van der Waals surface area contributed by atoms with Gasteiger partial charge in [0, 0.05) is 38.2 Å². The Balaban J connectivity index is 1.68. The van der Waals surface area contributed by atoms with Gasteiger partial charge in [-0.3, -0.25) is 4.90 Å². The Labute approximate surface area is 179 Å². The molecular formula is C21H31N5O3S. The normalized spacial score (nSPS) is 16.6. The molecule has 0 spiro atoms. The van der Waals surface area contributed by atoms with Gasteiger partial charge in [0.2, 0.25) is 10.0 Å². The number of nitrogens with zero attached hydrogens (tertiary/aromatic N) is 4. The number of methoxy groups -OCH3 is 1. The first-order valence-electron chi connectivity index (χ1n) is 10.2. The topological polar surface area (TPSA) is 89.3 Å². The molecule has 2 heterocycles. The van der Waals surface area contributed by atoms with Crippen molar-refractivity contribution in [2.75, 3.05) is 33.0 Å². The monoisotopic (exact) mass is 433 g/mol. The maximum atomic E-state index is 11.8. The van der Waals surface area contributed by atoms with E-state index < -0.39 is 16.1 Å². The van der Waals surface area contributed by atoms with E-state index in [2.05, 4.69) is 36.5 Å². The van der Waals surface area contributed by atoms with Crippen molar-refractivity contribution in [2.45, 2.75) is 32.9 Å². The van der Waals surface area contributed by atoms with Crippen LogP contribution in [-0.2, 0) is 23.0 Å². The Bertz CT molecular complexity index is 984. The molecule has 164 valence electrons. The number of para-hydroxylation sites is 1. The van der Waals surface area contributed by atoms with Crippen LogP contribution < -0.4 is 9.46 Å². The highest BCUT2D eigenvalue weighted by Crippen LogP contribution is 2.23. The highest BCUT2D eigenvalue weighted by atomic mass is 32.2. The van der Waals surface area contributed by atoms with Gasteiger partial charge in [-0.25, -0.2) is 13.1 Å². The van der Waals surface area contributed by atoms with E-state index in [-0.39, 0.29) is 5.92 Å². The van der Waals surface area contributed by atoms with E-state index in [9.17, 15) is 8.42 Å². The maximum absolute atomic E-state index is 11.8. The fourth-order valence-electron chi connectivity index (χ4n) is 3.65. The van der Waals surface area contributed by atoms with Crippen LogP contribution in [-0.4, -0.2) is 61.1 Å². The van der Waals surface area contributed by atoms with Crippen molar-refractivity contribution >= 4 is 16.1 Å². The summed E-state index contributed by atoms with van der Waals surface area (Å²) in [4.78, 5) is 2.36. The van der Waals surface area contributed by atoms with E-state index in [1.807, 2.05) is 38.1 Å². The number of fused-ring (bicyclic) bond motifs is 1. The second-order valence-electron chi connectivity index (χ2n) is 7.93. The second-order valence-corrected chi connectivity index (χ2v) is 9.71. The molecule has 8 nitrogen and oxygen atoms in total. The molecule has 0 saturated heterocycles. The van der Waals surface area contributed by atoms with Crippen molar-refractivity contribution in [1.82, 2.24) is 24.4 Å². The Morgan fingerprint density at radius 2 is 1.97 bits per heavy atom. The molecule has 0 bridgehead atoms. The fourth-order valence-corrected chi connectivity index (χ4v) is 4.49. The quantitative estimate of drug-likeness (QED) is 0.686. The molecule has 1 atom stereocenters. The molecule has 1 unspecified atom stereocenters. The Morgan fingerprint density at radius 1 is 1.20 bits per heavy atom. The highest BCUT2D eigenvalue weighted by Gasteiger charge is 2.28. The minimum Gasteiger partial charge on any atom is -0.496 e. The van der Waals surface area contributed by atoms with Gasteiger partial charge in [-0.2, -0.15) is 0 Å². The molecule has 1 aromatic heterocycles. The summed E-state index contributed by atoms with van der Waals surface area (Å²) < 4.78 is 33.8. The van der Waals surface area contributed by atoms with Gasteiger partial charge in [-0.1, -0.05) is 44.2 Å². The molecule has 0 fully saturated rings. The Hall–Kier alpha value is -2.23. The average Bonchev–Trinajstić information content (AvgIpc) is 2.98. The lowest BCUT2D eigenvalue weighted by Crippen LogP contribution is -2.33. The number of sulfonamides is 1. The molecule has 30 heavy (non-hydrogen) atoms. The lowest BCUT2D eigenvalue weighted by atomic mass is 10.1. The van der Waals surface area contributed by atoms with Crippen LogP contribution in [0, 0.1) is 5.92 Å². The summed E-state index contributed by atoms with van der Waals surface area (Å²) in [5, 5.41) is 8.68. The zero-order valence-corrected chi connectivity index (χ0v) is 18.9. The first kappa shape index (κ1) is 22.5. The molecular weight excluding hydrogens is 402 g/mol. The van der Waals surface area contributed by atoms with Crippen LogP contribution in [0.4, 0.5) is 0 Å². The van der Waals surface area contributed by atoms with Crippen molar-refractivity contribution in [2.24, 2.45) is 5.92 Å². The SMILES string of the molecule is COc1ccccc1C=CCN1CCc2nnc(C(NS(C)(=O)=O)C(C)C)n2CC1. The number of hydrogen-bond donors (Lipinski definition) is 1. The van der Waals surface area contributed by atoms with Crippen molar-refractivity contribution in [1.29, 1.82) is 0 Å². The summed E-state index contributed by atoms with van der Waals surface area (Å²) >= 11 is 0. The van der Waals surface area contributed by atoms with E-state index in [0.717, 1.165) is 49.7 Å². The Morgan fingerprint density at radius 3 is 2.67 bits per heavy atom. The van der Waals surface area contributed by atoms with Gasteiger partial charge < -0.3 is 9.30 Å². The lowest BCUT2D eigenvalue weighted by Gasteiger charge is -2.22. The van der Waals surface area contributed by atoms with Crippen LogP contribution in [0.2, 0.25) is 0 Å². The van der Waals surface area contributed by atoms with Crippen LogP contribution in [0.5, 0.6) is 5.75 Å². The number of rotatable bonds is 8. The van der Waals surface area contributed by atoms with Crippen molar-refractivity contribution < 1.29 is 13.2 Å². The minimum absolute atomic E-state index is 0.0659. The summed E-state index contributed by atoms with van der Waals surface area (Å²) in [6, 6.07) is 7.55. The number of hydrogen-bond acceptors (Lipinski definition) is 6. The summed E-state index contributed by atoms with van der Waals surface area (Å²) in [6.45, 7) is 7.24. The molecule has 0 radical (unpaired) electrons. The van der Waals surface area contributed by atoms with Gasteiger partial charge in [-0.15, -0.1) is 10.2 Å². The summed E-state index contributed by atoms with van der Waals surface area (Å²) in [5.41, 5.74) is 1.06. The van der Waals surface area contributed by atoms with Crippen molar-refractivity contribution in [3.8, 4) is 5.75 Å². The predicted molar refractivity (Wildman–Crippen MR) is 118 cm³/mol. The lowest BCUT2D eigenvalue weighted by molar-refractivity contribution is 0.305. The van der Waals surface area contributed by atoms with E-state index in [4.69, 9.17) is 4.74 Å². The van der Waals surface area contributed by atoms with Gasteiger partial charge in [0.15, 0.2) is 5.82 Å². The van der Waals surface area contributed by atoms with Crippen LogP contribution in [0.1, 0.15) is 37.1 Å². The minimum atomic E-state index is -3.35. The van der Waals surface area contributed by atoms with Gasteiger partial charge in [0.05, 0.1) is 19.4 Å². The first-order chi connectivity index (χ1) is 14.3. The number of ether oxygens (including phenoxy) is 1. The molecule has 1 aliphatic heterocycles. The van der Waals surface area contributed by atoms with Crippen molar-refractivity contribution in [3.05, 3.63) is 47.6 Å². The molecule has 1 aromatic carbocycles. The zero-order valence-electron chi connectivity index (χ0n) is 18.1. The molecule has 0 saturated carbocycles. The van der Waals surface area contributed by atoms with Crippen LogP contribution in [0.25, 0.3) is 6.08 Å². The van der Waals surface area contributed by atoms with Crippen molar-refractivity contribution in [3.63, 3.8) is 0 Å². The zero-order chi connectivity index (χ0) is 21.7. The molecule has 1 N–H and O–H groups in total. The van der Waals surface area contributed by atoms with Gasteiger partial charge in [0.1, 0.15) is 11.6 Å². The van der Waals surface area contributed by atoms with E-state index in [1.165, 1.54) is 6.26 Å². The third-order valence-electron chi connectivity index (χ3n) is 5.23. The second kappa shape index (κ2) is 9.72. The number of aromatic nitrogens is 3. The van der Waals surface area contributed by atoms with E-state index >= 15 is 0 Å².